The molecule has 0 spiro atoms. The van der Waals surface area contributed by atoms with Crippen LogP contribution in [0.2, 0.25) is 0 Å². The molecule has 0 aromatic rings. The third-order valence-corrected chi connectivity index (χ3v) is 5.20. The number of nitrogens with one attached hydrogen (secondary N) is 2. The highest BCUT2D eigenvalue weighted by Gasteiger charge is 2.24. The van der Waals surface area contributed by atoms with E-state index in [-0.39, 0.29) is 24.0 Å². The predicted octanol–water partition coefficient (Wildman–Crippen LogP) is 3.43. The lowest BCUT2D eigenvalue weighted by molar-refractivity contribution is 0.0203. The zero-order chi connectivity index (χ0) is 17.2. The van der Waals surface area contributed by atoms with Crippen molar-refractivity contribution in [1.29, 1.82) is 0 Å². The van der Waals surface area contributed by atoms with Crippen molar-refractivity contribution in [2.45, 2.75) is 58.4 Å². The van der Waals surface area contributed by atoms with Gasteiger partial charge in [-0.3, -0.25) is 4.99 Å². The van der Waals surface area contributed by atoms with Gasteiger partial charge in [0.25, 0.3) is 0 Å². The molecule has 2 atom stereocenters. The molecule has 1 aliphatic carbocycles. The van der Waals surface area contributed by atoms with Crippen LogP contribution >= 0.6 is 24.0 Å². The normalized spacial score (nSPS) is 28.3. The van der Waals surface area contributed by atoms with Crippen molar-refractivity contribution in [2.75, 3.05) is 40.0 Å². The summed E-state index contributed by atoms with van der Waals surface area (Å²) in [6.07, 6.45) is 7.16. The summed E-state index contributed by atoms with van der Waals surface area (Å²) in [7, 11) is 1.85. The second-order valence-corrected chi connectivity index (χ2v) is 7.74. The van der Waals surface area contributed by atoms with Gasteiger partial charge in [-0.15, -0.1) is 24.0 Å². The Morgan fingerprint density at radius 3 is 2.44 bits per heavy atom. The fourth-order valence-electron chi connectivity index (χ4n) is 4.00. The van der Waals surface area contributed by atoms with Crippen molar-refractivity contribution in [3.63, 3.8) is 0 Å². The fraction of sp³-hybridized carbons (Fsp3) is 0.947. The zero-order valence-electron chi connectivity index (χ0n) is 16.3. The minimum atomic E-state index is 0. The molecule has 0 amide bonds. The lowest BCUT2D eigenvalue weighted by Gasteiger charge is -2.32. The highest BCUT2D eigenvalue weighted by Crippen LogP contribution is 2.28. The first-order valence-electron chi connectivity index (χ1n) is 9.80. The maximum atomic E-state index is 5.81. The molecule has 0 bridgehead atoms. The minimum absolute atomic E-state index is 0. The first-order chi connectivity index (χ1) is 11.7. The lowest BCUT2D eigenvalue weighted by Crippen LogP contribution is -2.46. The third-order valence-electron chi connectivity index (χ3n) is 5.20. The maximum absolute atomic E-state index is 5.81. The summed E-state index contributed by atoms with van der Waals surface area (Å²) in [4.78, 5) is 4.36. The van der Waals surface area contributed by atoms with E-state index >= 15 is 0 Å². The number of ether oxygens (including phenoxy) is 2. The van der Waals surface area contributed by atoms with Gasteiger partial charge in [0.1, 0.15) is 0 Å². The van der Waals surface area contributed by atoms with E-state index in [9.17, 15) is 0 Å². The van der Waals surface area contributed by atoms with Crippen LogP contribution in [-0.2, 0) is 9.47 Å². The molecule has 2 N–H and O–H groups in total. The van der Waals surface area contributed by atoms with Crippen LogP contribution in [-0.4, -0.2) is 52.0 Å². The third kappa shape index (κ3) is 9.43. The fourth-order valence-corrected chi connectivity index (χ4v) is 4.00. The van der Waals surface area contributed by atoms with Gasteiger partial charge in [0.2, 0.25) is 0 Å². The maximum Gasteiger partial charge on any atom is 0.191 e. The van der Waals surface area contributed by atoms with E-state index in [2.05, 4.69) is 29.5 Å². The van der Waals surface area contributed by atoms with Crippen molar-refractivity contribution in [3.05, 3.63) is 0 Å². The smallest absolute Gasteiger partial charge is 0.191 e. The molecule has 2 unspecified atom stereocenters. The average Bonchev–Trinajstić information content (AvgIpc) is 2.57. The van der Waals surface area contributed by atoms with Crippen molar-refractivity contribution in [1.82, 2.24) is 10.6 Å². The van der Waals surface area contributed by atoms with Gasteiger partial charge in [0, 0.05) is 46.1 Å². The molecule has 1 saturated heterocycles. The molecule has 2 fully saturated rings. The SMILES string of the molecule is CN=C(NCCCOCC1CCOCC1)NC1CC(C)CC(C)C1.I. The largest absolute Gasteiger partial charge is 0.381 e. The van der Waals surface area contributed by atoms with E-state index in [4.69, 9.17) is 9.47 Å². The van der Waals surface area contributed by atoms with Crippen LogP contribution in [0, 0.1) is 17.8 Å². The second-order valence-electron chi connectivity index (χ2n) is 7.74. The van der Waals surface area contributed by atoms with Gasteiger partial charge in [0.15, 0.2) is 5.96 Å². The summed E-state index contributed by atoms with van der Waals surface area (Å²) in [6, 6.07) is 0.555. The average molecular weight is 467 g/mol. The van der Waals surface area contributed by atoms with Crippen LogP contribution in [0.4, 0.5) is 0 Å². The summed E-state index contributed by atoms with van der Waals surface area (Å²) in [6.45, 7) is 9.12. The molecule has 2 aliphatic rings. The number of aliphatic imine (C=N–C) groups is 1. The quantitative estimate of drug-likeness (QED) is 0.261. The standard InChI is InChI=1S/C19H37N3O2.HI/c1-15-11-16(2)13-18(12-15)22-19(20-3)21-7-4-8-24-14-17-5-9-23-10-6-17;/h15-18H,4-14H2,1-3H3,(H2,20,21,22);1H. The van der Waals surface area contributed by atoms with Gasteiger partial charge in [-0.1, -0.05) is 13.8 Å². The Kier molecular flexibility index (Phi) is 12.1. The lowest BCUT2D eigenvalue weighted by atomic mass is 9.80. The molecule has 5 nitrogen and oxygen atoms in total. The summed E-state index contributed by atoms with van der Waals surface area (Å²) < 4.78 is 11.2. The molecule has 1 heterocycles. The van der Waals surface area contributed by atoms with Gasteiger partial charge in [-0.25, -0.2) is 0 Å². The van der Waals surface area contributed by atoms with Crippen molar-refractivity contribution >= 4 is 29.9 Å². The van der Waals surface area contributed by atoms with E-state index in [0.29, 0.717) is 12.0 Å². The number of hydrogen-bond donors (Lipinski definition) is 2. The number of guanidine groups is 1. The zero-order valence-corrected chi connectivity index (χ0v) is 18.6. The summed E-state index contributed by atoms with van der Waals surface area (Å²) in [5.41, 5.74) is 0. The predicted molar refractivity (Wildman–Crippen MR) is 115 cm³/mol. The summed E-state index contributed by atoms with van der Waals surface area (Å²) >= 11 is 0. The molecule has 2 rings (SSSR count). The van der Waals surface area contributed by atoms with Crippen molar-refractivity contribution in [2.24, 2.45) is 22.7 Å². The van der Waals surface area contributed by atoms with Gasteiger partial charge < -0.3 is 20.1 Å². The monoisotopic (exact) mass is 467 g/mol. The minimum Gasteiger partial charge on any atom is -0.381 e. The Hall–Kier alpha value is -0.0800. The van der Waals surface area contributed by atoms with Crippen molar-refractivity contribution in [3.8, 4) is 0 Å². The van der Waals surface area contributed by atoms with Crippen molar-refractivity contribution < 1.29 is 9.47 Å². The van der Waals surface area contributed by atoms with Gasteiger partial charge in [-0.2, -0.15) is 0 Å². The summed E-state index contributed by atoms with van der Waals surface area (Å²) in [5, 5.41) is 7.02. The second kappa shape index (κ2) is 13.1. The molecular formula is C19H38IN3O2. The first kappa shape index (κ1) is 23.0. The van der Waals surface area contributed by atoms with Crippen LogP contribution in [0.3, 0.4) is 0 Å². The summed E-state index contributed by atoms with van der Waals surface area (Å²) in [5.74, 6) is 3.24. The highest BCUT2D eigenvalue weighted by molar-refractivity contribution is 14.0. The van der Waals surface area contributed by atoms with Crippen LogP contribution < -0.4 is 10.6 Å². The van der Waals surface area contributed by atoms with Gasteiger partial charge >= 0.3 is 0 Å². The molecule has 1 saturated carbocycles. The van der Waals surface area contributed by atoms with E-state index < -0.39 is 0 Å². The van der Waals surface area contributed by atoms with Crippen LogP contribution in [0.1, 0.15) is 52.4 Å². The van der Waals surface area contributed by atoms with E-state index in [0.717, 1.165) is 70.0 Å². The molecule has 1 aliphatic heterocycles. The Balaban J connectivity index is 0.00000312. The van der Waals surface area contributed by atoms with Crippen LogP contribution in [0.15, 0.2) is 4.99 Å². The highest BCUT2D eigenvalue weighted by atomic mass is 127. The first-order valence-corrected chi connectivity index (χ1v) is 9.80. The number of rotatable bonds is 7. The topological polar surface area (TPSA) is 54.9 Å². The number of hydrogen-bond acceptors (Lipinski definition) is 3. The van der Waals surface area contributed by atoms with Crippen LogP contribution in [0.5, 0.6) is 0 Å². The molecule has 25 heavy (non-hydrogen) atoms. The molecule has 0 aromatic heterocycles. The van der Waals surface area contributed by atoms with Crippen LogP contribution in [0.25, 0.3) is 0 Å². The number of halogens is 1. The van der Waals surface area contributed by atoms with E-state index in [1.807, 2.05) is 7.05 Å². The molecule has 148 valence electrons. The van der Waals surface area contributed by atoms with E-state index in [1.54, 1.807) is 0 Å². The Bertz CT molecular complexity index is 366. The molecule has 0 aromatic carbocycles. The Labute approximate surface area is 171 Å². The molecule has 0 radical (unpaired) electrons. The van der Waals surface area contributed by atoms with Gasteiger partial charge in [0.05, 0.1) is 0 Å². The number of nitrogens with zero attached hydrogens (tertiary/aromatic N) is 1. The molecular weight excluding hydrogens is 429 g/mol. The van der Waals surface area contributed by atoms with E-state index in [1.165, 1.54) is 19.3 Å². The Morgan fingerprint density at radius 2 is 1.80 bits per heavy atom. The molecule has 6 heteroatoms. The van der Waals surface area contributed by atoms with Gasteiger partial charge in [-0.05, 0) is 56.3 Å². The Morgan fingerprint density at radius 1 is 1.12 bits per heavy atom.